The van der Waals surface area contributed by atoms with Crippen LogP contribution >= 0.6 is 0 Å². The summed E-state index contributed by atoms with van der Waals surface area (Å²) in [6.07, 6.45) is 0.430. The molecule has 4 aliphatic rings. The van der Waals surface area contributed by atoms with Crippen LogP contribution in [0, 0.1) is 0 Å². The summed E-state index contributed by atoms with van der Waals surface area (Å²) in [5.74, 6) is -5.23. The number of amides is 4. The zero-order valence-corrected chi connectivity index (χ0v) is 26.0. The van der Waals surface area contributed by atoms with E-state index in [0.29, 0.717) is 44.7 Å². The van der Waals surface area contributed by atoms with Crippen LogP contribution in [0.1, 0.15) is 62.7 Å². The minimum absolute atomic E-state index is 0.0385. The first kappa shape index (κ1) is 31.3. The predicted octanol–water partition coefficient (Wildman–Crippen LogP) is 3.70. The van der Waals surface area contributed by atoms with Crippen LogP contribution in [0.15, 0.2) is 78.9 Å². The predicted molar refractivity (Wildman–Crippen MR) is 170 cm³/mol. The molecule has 0 radical (unpaired) electrons. The maximum atomic E-state index is 15.8. The van der Waals surface area contributed by atoms with Crippen LogP contribution in [0.25, 0.3) is 0 Å². The van der Waals surface area contributed by atoms with E-state index in [0.717, 1.165) is 4.90 Å². The molecule has 0 aliphatic carbocycles. The van der Waals surface area contributed by atoms with Crippen molar-refractivity contribution in [2.24, 2.45) is 0 Å². The molecule has 0 spiro atoms. The largest absolute Gasteiger partial charge is 0.295 e. The summed E-state index contributed by atoms with van der Waals surface area (Å²) in [5.41, 5.74) is 3.35. The number of imide groups is 2. The number of benzene rings is 3. The summed E-state index contributed by atoms with van der Waals surface area (Å²) in [7, 11) is 0. The minimum Gasteiger partial charge on any atom is -0.295 e. The van der Waals surface area contributed by atoms with Gasteiger partial charge in [0.2, 0.25) is 11.8 Å². The number of likely N-dealkylation sites (tertiary alicyclic amines) is 1. The number of halogens is 2. The van der Waals surface area contributed by atoms with Crippen molar-refractivity contribution < 1.29 is 28.0 Å². The lowest BCUT2D eigenvalue weighted by atomic mass is 9.95. The third kappa shape index (κ3) is 6.10. The van der Waals surface area contributed by atoms with E-state index in [1.807, 2.05) is 41.3 Å². The van der Waals surface area contributed by atoms with Gasteiger partial charge in [-0.2, -0.15) is 0 Å². The maximum absolute atomic E-state index is 15.8. The molecule has 7 rings (SSSR count). The Kier molecular flexibility index (Phi) is 8.46. The fraction of sp³-hybridized carbons (Fsp3) is 0.389. The summed E-state index contributed by atoms with van der Waals surface area (Å²) < 4.78 is 31.6. The van der Waals surface area contributed by atoms with Gasteiger partial charge in [-0.1, -0.05) is 66.7 Å². The highest BCUT2D eigenvalue weighted by Gasteiger charge is 2.48. The second-order valence-corrected chi connectivity index (χ2v) is 12.9. The molecule has 47 heavy (non-hydrogen) atoms. The van der Waals surface area contributed by atoms with E-state index in [4.69, 9.17) is 0 Å². The topological polar surface area (TPSA) is 93.3 Å². The summed E-state index contributed by atoms with van der Waals surface area (Å²) >= 11 is 0. The molecular formula is C36H37F2N5O4. The Morgan fingerprint density at radius 1 is 0.766 bits per heavy atom. The van der Waals surface area contributed by atoms with Crippen LogP contribution in [0.4, 0.5) is 8.78 Å². The van der Waals surface area contributed by atoms with Gasteiger partial charge in [0.25, 0.3) is 17.7 Å². The van der Waals surface area contributed by atoms with E-state index in [2.05, 4.69) is 34.5 Å². The quantitative estimate of drug-likeness (QED) is 0.394. The number of hydrogen-bond donors (Lipinski definition) is 1. The van der Waals surface area contributed by atoms with E-state index in [9.17, 15) is 19.2 Å². The number of carbonyl (C=O) groups excluding carboxylic acids is 4. The molecule has 4 amide bonds. The number of carbonyl (C=O) groups is 4. The van der Waals surface area contributed by atoms with Crippen molar-refractivity contribution >= 4 is 23.6 Å². The molecule has 3 saturated heterocycles. The molecule has 0 aromatic heterocycles. The van der Waals surface area contributed by atoms with Crippen molar-refractivity contribution in [3.8, 4) is 0 Å². The van der Waals surface area contributed by atoms with Gasteiger partial charge in [-0.3, -0.25) is 44.1 Å². The van der Waals surface area contributed by atoms with Gasteiger partial charge in [0.15, 0.2) is 0 Å². The standard InChI is InChI=1S/C36H37F2N5O4/c37-36(38)23-40(22-24-11-12-27-28(21-24)35(47)43(34(27)46)29-13-14-31(44)39-33(29)45)16-15-30(36)41-17-19-42(20-18-41)32(25-7-3-1-4-8-25)26-9-5-2-6-10-26/h1-12,21,29-30,32H,13-20,22-23H2,(H,39,44,45). The summed E-state index contributed by atoms with van der Waals surface area (Å²) in [4.78, 5) is 57.1. The van der Waals surface area contributed by atoms with Crippen LogP contribution < -0.4 is 5.32 Å². The summed E-state index contributed by atoms with van der Waals surface area (Å²) in [6.45, 7) is 2.76. The Morgan fingerprint density at radius 2 is 1.40 bits per heavy atom. The monoisotopic (exact) mass is 641 g/mol. The molecule has 4 heterocycles. The number of fused-ring (bicyclic) bond motifs is 1. The molecule has 2 unspecified atom stereocenters. The molecular weight excluding hydrogens is 604 g/mol. The van der Waals surface area contributed by atoms with E-state index in [1.165, 1.54) is 17.2 Å². The molecule has 1 N–H and O–H groups in total. The first-order chi connectivity index (χ1) is 22.7. The first-order valence-electron chi connectivity index (χ1n) is 16.2. The Morgan fingerprint density at radius 3 is 2.02 bits per heavy atom. The van der Waals surface area contributed by atoms with Crippen molar-refractivity contribution in [2.45, 2.75) is 49.9 Å². The van der Waals surface area contributed by atoms with E-state index < -0.39 is 48.2 Å². The normalized spacial score (nSPS) is 24.1. The lowest BCUT2D eigenvalue weighted by Crippen LogP contribution is -2.61. The molecule has 11 heteroatoms. The highest BCUT2D eigenvalue weighted by atomic mass is 19.3. The third-order valence-corrected chi connectivity index (χ3v) is 9.94. The Labute approximate surface area is 272 Å². The molecule has 3 fully saturated rings. The number of nitrogens with zero attached hydrogens (tertiary/aromatic N) is 4. The van der Waals surface area contributed by atoms with Crippen LogP contribution in [0.5, 0.6) is 0 Å². The number of alkyl halides is 2. The Hall–Kier alpha value is -4.32. The van der Waals surface area contributed by atoms with Crippen molar-refractivity contribution in [1.82, 2.24) is 24.9 Å². The fourth-order valence-electron chi connectivity index (χ4n) is 7.65. The summed E-state index contributed by atoms with van der Waals surface area (Å²) in [5, 5.41) is 2.19. The van der Waals surface area contributed by atoms with Crippen LogP contribution in [0.3, 0.4) is 0 Å². The van der Waals surface area contributed by atoms with Crippen molar-refractivity contribution in [2.75, 3.05) is 39.3 Å². The van der Waals surface area contributed by atoms with Gasteiger partial charge < -0.3 is 0 Å². The fourth-order valence-corrected chi connectivity index (χ4v) is 7.65. The van der Waals surface area contributed by atoms with Crippen molar-refractivity contribution in [1.29, 1.82) is 0 Å². The molecule has 3 aromatic carbocycles. The van der Waals surface area contributed by atoms with Gasteiger partial charge in [-0.15, -0.1) is 0 Å². The lowest BCUT2D eigenvalue weighted by Gasteiger charge is -2.47. The van der Waals surface area contributed by atoms with E-state index in [-0.39, 0.29) is 36.6 Å². The lowest BCUT2D eigenvalue weighted by molar-refractivity contribution is -0.136. The molecule has 0 bridgehead atoms. The summed E-state index contributed by atoms with van der Waals surface area (Å²) in [6, 6.07) is 23.6. The number of rotatable bonds is 7. The van der Waals surface area contributed by atoms with Gasteiger partial charge in [0.05, 0.1) is 29.8 Å². The van der Waals surface area contributed by atoms with Crippen LogP contribution in [-0.4, -0.2) is 101 Å². The van der Waals surface area contributed by atoms with Gasteiger partial charge >= 0.3 is 0 Å². The highest BCUT2D eigenvalue weighted by Crippen LogP contribution is 2.36. The van der Waals surface area contributed by atoms with E-state index in [1.54, 1.807) is 17.0 Å². The second-order valence-electron chi connectivity index (χ2n) is 12.9. The number of piperidine rings is 2. The van der Waals surface area contributed by atoms with Crippen LogP contribution in [-0.2, 0) is 16.1 Å². The Bertz CT molecular complexity index is 1640. The molecule has 2 atom stereocenters. The van der Waals surface area contributed by atoms with E-state index >= 15 is 8.78 Å². The van der Waals surface area contributed by atoms with Gasteiger partial charge in [0, 0.05) is 45.7 Å². The van der Waals surface area contributed by atoms with Crippen LogP contribution in [0.2, 0.25) is 0 Å². The molecule has 3 aromatic rings. The zero-order chi connectivity index (χ0) is 32.7. The average Bonchev–Trinajstić information content (AvgIpc) is 3.31. The van der Waals surface area contributed by atoms with Gasteiger partial charge in [0.1, 0.15) is 6.04 Å². The molecule has 4 aliphatic heterocycles. The third-order valence-electron chi connectivity index (χ3n) is 9.94. The molecule has 244 valence electrons. The average molecular weight is 642 g/mol. The highest BCUT2D eigenvalue weighted by molar-refractivity contribution is 6.23. The second kappa shape index (κ2) is 12.7. The first-order valence-corrected chi connectivity index (χ1v) is 16.2. The maximum Gasteiger partial charge on any atom is 0.275 e. The molecule has 0 saturated carbocycles. The minimum atomic E-state index is -2.93. The smallest absolute Gasteiger partial charge is 0.275 e. The number of hydrogen-bond acceptors (Lipinski definition) is 7. The van der Waals surface area contributed by atoms with Gasteiger partial charge in [-0.05, 0) is 41.7 Å². The van der Waals surface area contributed by atoms with Gasteiger partial charge in [-0.25, -0.2) is 8.78 Å². The zero-order valence-electron chi connectivity index (χ0n) is 26.0. The van der Waals surface area contributed by atoms with Crippen molar-refractivity contribution in [3.63, 3.8) is 0 Å². The van der Waals surface area contributed by atoms with Crippen molar-refractivity contribution in [3.05, 3.63) is 107 Å². The Balaban J connectivity index is 0.982. The molecule has 9 nitrogen and oxygen atoms in total. The number of piperazine rings is 1. The SMILES string of the molecule is O=C1CCC(N2C(=O)c3ccc(CN4CCC(N5CCN(C(c6ccccc6)c6ccccc6)CC5)C(F)(F)C4)cc3C2=O)C(=O)N1. The number of nitrogens with one attached hydrogen (secondary N) is 1.